The molecule has 0 bridgehead atoms. The van der Waals surface area contributed by atoms with Crippen LogP contribution in [-0.2, 0) is 0 Å². The first kappa shape index (κ1) is 13.9. The van der Waals surface area contributed by atoms with Crippen LogP contribution in [0.1, 0.15) is 24.9 Å². The van der Waals surface area contributed by atoms with E-state index in [0.717, 1.165) is 5.56 Å². The van der Waals surface area contributed by atoms with Crippen molar-refractivity contribution in [3.05, 3.63) is 29.8 Å². The molecule has 0 aliphatic carbocycles. The molecule has 96 valence electrons. The van der Waals surface area contributed by atoms with Gasteiger partial charge in [-0.05, 0) is 24.1 Å². The zero-order valence-electron chi connectivity index (χ0n) is 9.61. The average molecular weight is 245 g/mol. The van der Waals surface area contributed by atoms with Gasteiger partial charge >= 0.3 is 0 Å². The predicted molar refractivity (Wildman–Crippen MR) is 61.2 cm³/mol. The van der Waals surface area contributed by atoms with Gasteiger partial charge in [0.2, 0.25) is 0 Å². The van der Waals surface area contributed by atoms with Gasteiger partial charge in [0, 0.05) is 12.6 Å². The number of aliphatic hydroxyl groups excluding tert-OH is 1. The first-order valence-electron chi connectivity index (χ1n) is 5.53. The maximum atomic E-state index is 12.1. The van der Waals surface area contributed by atoms with Gasteiger partial charge in [-0.25, -0.2) is 8.78 Å². The number of aromatic hydroxyl groups is 1. The van der Waals surface area contributed by atoms with Gasteiger partial charge in [0.05, 0.1) is 0 Å². The molecule has 3 N–H and O–H groups in total. The minimum Gasteiger partial charge on any atom is -0.508 e. The average Bonchev–Trinajstić information content (AvgIpc) is 2.31. The van der Waals surface area contributed by atoms with Crippen molar-refractivity contribution in [3.8, 4) is 5.75 Å². The normalized spacial score (nSPS) is 14.9. The number of benzene rings is 1. The molecule has 3 nitrogen and oxygen atoms in total. The highest BCUT2D eigenvalue weighted by molar-refractivity contribution is 5.27. The van der Waals surface area contributed by atoms with Crippen LogP contribution in [0.3, 0.4) is 0 Å². The van der Waals surface area contributed by atoms with E-state index in [4.69, 9.17) is 10.2 Å². The Labute approximate surface area is 99.1 Å². The quantitative estimate of drug-likeness (QED) is 0.719. The van der Waals surface area contributed by atoms with Crippen LogP contribution in [0.2, 0.25) is 0 Å². The lowest BCUT2D eigenvalue weighted by molar-refractivity contribution is -0.00471. The van der Waals surface area contributed by atoms with Crippen molar-refractivity contribution in [2.45, 2.75) is 31.9 Å². The molecule has 0 amide bonds. The van der Waals surface area contributed by atoms with Crippen LogP contribution in [0.25, 0.3) is 0 Å². The molecule has 2 unspecified atom stereocenters. The number of aliphatic hydroxyl groups is 1. The van der Waals surface area contributed by atoms with Crippen LogP contribution in [0.5, 0.6) is 5.75 Å². The maximum Gasteiger partial charge on any atom is 0.265 e. The molecule has 0 aliphatic rings. The second-order valence-corrected chi connectivity index (χ2v) is 3.86. The monoisotopic (exact) mass is 245 g/mol. The van der Waals surface area contributed by atoms with Crippen LogP contribution in [0.15, 0.2) is 24.3 Å². The van der Waals surface area contributed by atoms with Gasteiger partial charge in [-0.15, -0.1) is 0 Å². The van der Waals surface area contributed by atoms with Gasteiger partial charge in [0.25, 0.3) is 6.43 Å². The highest BCUT2D eigenvalue weighted by Crippen LogP contribution is 2.19. The summed E-state index contributed by atoms with van der Waals surface area (Å²) in [5.41, 5.74) is 0.895. The molecule has 1 aromatic rings. The fourth-order valence-corrected chi connectivity index (χ4v) is 1.56. The zero-order valence-corrected chi connectivity index (χ0v) is 9.61. The van der Waals surface area contributed by atoms with E-state index in [0.29, 0.717) is 6.42 Å². The summed E-state index contributed by atoms with van der Waals surface area (Å²) in [5, 5.41) is 21.0. The second kappa shape index (κ2) is 6.51. The third kappa shape index (κ3) is 4.28. The molecule has 0 aromatic heterocycles. The van der Waals surface area contributed by atoms with Crippen LogP contribution in [0.4, 0.5) is 8.78 Å². The minimum absolute atomic E-state index is 0.107. The summed E-state index contributed by atoms with van der Waals surface area (Å²) in [6.45, 7) is 1.76. The summed E-state index contributed by atoms with van der Waals surface area (Å²) < 4.78 is 24.2. The number of rotatable bonds is 6. The first-order chi connectivity index (χ1) is 8.04. The van der Waals surface area contributed by atoms with Crippen LogP contribution < -0.4 is 5.32 Å². The summed E-state index contributed by atoms with van der Waals surface area (Å²) >= 11 is 0. The van der Waals surface area contributed by atoms with E-state index < -0.39 is 12.5 Å². The van der Waals surface area contributed by atoms with Gasteiger partial charge in [-0.2, -0.15) is 0 Å². The molecule has 0 spiro atoms. The van der Waals surface area contributed by atoms with E-state index in [-0.39, 0.29) is 18.3 Å². The molecular formula is C12H17F2NO2. The smallest absolute Gasteiger partial charge is 0.265 e. The Morgan fingerprint density at radius 1 is 1.24 bits per heavy atom. The Hall–Kier alpha value is -1.20. The van der Waals surface area contributed by atoms with Gasteiger partial charge < -0.3 is 15.5 Å². The summed E-state index contributed by atoms with van der Waals surface area (Å²) in [6, 6.07) is 6.44. The number of phenolic OH excluding ortho intramolecular Hbond substituents is 1. The molecule has 0 heterocycles. The third-order valence-electron chi connectivity index (χ3n) is 2.57. The molecule has 5 heteroatoms. The maximum absolute atomic E-state index is 12.1. The Morgan fingerprint density at radius 2 is 1.82 bits per heavy atom. The topological polar surface area (TPSA) is 52.5 Å². The predicted octanol–water partition coefficient (Wildman–Crippen LogP) is 2.06. The van der Waals surface area contributed by atoms with Crippen molar-refractivity contribution in [2.75, 3.05) is 6.54 Å². The first-order valence-corrected chi connectivity index (χ1v) is 5.53. The molecule has 17 heavy (non-hydrogen) atoms. The lowest BCUT2D eigenvalue weighted by Gasteiger charge is -2.19. The number of phenols is 1. The van der Waals surface area contributed by atoms with Crippen molar-refractivity contribution in [3.63, 3.8) is 0 Å². The Kier molecular flexibility index (Phi) is 5.31. The molecule has 2 atom stereocenters. The Bertz CT molecular complexity index is 330. The SMILES string of the molecule is CCC(NCC(O)C(F)F)c1ccc(O)cc1. The van der Waals surface area contributed by atoms with E-state index in [1.807, 2.05) is 6.92 Å². The molecule has 0 saturated carbocycles. The van der Waals surface area contributed by atoms with Crippen LogP contribution in [-0.4, -0.2) is 29.3 Å². The number of alkyl halides is 2. The van der Waals surface area contributed by atoms with E-state index in [1.54, 1.807) is 24.3 Å². The largest absolute Gasteiger partial charge is 0.508 e. The van der Waals surface area contributed by atoms with E-state index in [1.165, 1.54) is 0 Å². The van der Waals surface area contributed by atoms with Gasteiger partial charge in [-0.3, -0.25) is 0 Å². The fraction of sp³-hybridized carbons (Fsp3) is 0.500. The highest BCUT2D eigenvalue weighted by atomic mass is 19.3. The highest BCUT2D eigenvalue weighted by Gasteiger charge is 2.18. The number of hydrogen-bond acceptors (Lipinski definition) is 3. The van der Waals surface area contributed by atoms with E-state index in [9.17, 15) is 8.78 Å². The fourth-order valence-electron chi connectivity index (χ4n) is 1.56. The molecule has 0 saturated heterocycles. The van der Waals surface area contributed by atoms with E-state index >= 15 is 0 Å². The number of halogens is 2. The Balaban J connectivity index is 2.57. The van der Waals surface area contributed by atoms with Crippen molar-refractivity contribution in [2.24, 2.45) is 0 Å². The van der Waals surface area contributed by atoms with E-state index in [2.05, 4.69) is 5.32 Å². The zero-order chi connectivity index (χ0) is 12.8. The Morgan fingerprint density at radius 3 is 2.29 bits per heavy atom. The molecule has 0 fully saturated rings. The summed E-state index contributed by atoms with van der Waals surface area (Å²) in [4.78, 5) is 0. The molecule has 1 aromatic carbocycles. The summed E-state index contributed by atoms with van der Waals surface area (Å²) in [7, 11) is 0. The molecule has 1 rings (SSSR count). The summed E-state index contributed by atoms with van der Waals surface area (Å²) in [5.74, 6) is 0.163. The minimum atomic E-state index is -2.74. The van der Waals surface area contributed by atoms with Gasteiger partial charge in [-0.1, -0.05) is 19.1 Å². The van der Waals surface area contributed by atoms with Gasteiger partial charge in [0.1, 0.15) is 11.9 Å². The van der Waals surface area contributed by atoms with Crippen molar-refractivity contribution < 1.29 is 19.0 Å². The van der Waals surface area contributed by atoms with Crippen molar-refractivity contribution in [1.82, 2.24) is 5.32 Å². The van der Waals surface area contributed by atoms with Crippen molar-refractivity contribution >= 4 is 0 Å². The summed E-state index contributed by atoms with van der Waals surface area (Å²) in [6.07, 6.45) is -3.68. The third-order valence-corrected chi connectivity index (χ3v) is 2.57. The van der Waals surface area contributed by atoms with Crippen LogP contribution in [0, 0.1) is 0 Å². The standard InChI is InChI=1S/C12H17F2NO2/c1-2-10(15-7-11(17)12(13)14)8-3-5-9(16)6-4-8/h3-6,10-12,15-17H,2,7H2,1H3. The van der Waals surface area contributed by atoms with Crippen LogP contribution >= 0.6 is 0 Å². The lowest BCUT2D eigenvalue weighted by Crippen LogP contribution is -2.34. The molecule has 0 radical (unpaired) electrons. The lowest BCUT2D eigenvalue weighted by atomic mass is 10.0. The number of hydrogen-bond donors (Lipinski definition) is 3. The molecular weight excluding hydrogens is 228 g/mol. The number of nitrogens with one attached hydrogen (secondary N) is 1. The molecule has 0 aliphatic heterocycles. The van der Waals surface area contributed by atoms with Crippen molar-refractivity contribution in [1.29, 1.82) is 0 Å². The van der Waals surface area contributed by atoms with Gasteiger partial charge in [0.15, 0.2) is 0 Å². The second-order valence-electron chi connectivity index (χ2n) is 3.86.